The van der Waals surface area contributed by atoms with E-state index in [0.29, 0.717) is 25.4 Å². The highest BCUT2D eigenvalue weighted by molar-refractivity contribution is 7.10. The molecule has 1 amide bonds. The predicted molar refractivity (Wildman–Crippen MR) is 119 cm³/mol. The SMILES string of the molecule is COc1cc2c(cc1OC)CN(C(=O)CN[C@@H](c1ccccc1)c1cccs1)CC2. The number of carbonyl (C=O) groups is 1. The van der Waals surface area contributed by atoms with Crippen LogP contribution in [0.15, 0.2) is 60.0 Å². The highest BCUT2D eigenvalue weighted by atomic mass is 32.1. The van der Waals surface area contributed by atoms with Gasteiger partial charge >= 0.3 is 0 Å². The summed E-state index contributed by atoms with van der Waals surface area (Å²) < 4.78 is 10.8. The lowest BCUT2D eigenvalue weighted by atomic mass is 9.98. The van der Waals surface area contributed by atoms with Crippen LogP contribution in [0.4, 0.5) is 0 Å². The Bertz CT molecular complexity index is 989. The second kappa shape index (κ2) is 9.32. The van der Waals surface area contributed by atoms with E-state index in [1.54, 1.807) is 25.6 Å². The molecule has 0 aliphatic carbocycles. The van der Waals surface area contributed by atoms with Gasteiger partial charge < -0.3 is 14.4 Å². The van der Waals surface area contributed by atoms with E-state index in [0.717, 1.165) is 23.3 Å². The summed E-state index contributed by atoms with van der Waals surface area (Å²) in [6.07, 6.45) is 0.814. The summed E-state index contributed by atoms with van der Waals surface area (Å²) in [5, 5.41) is 5.54. The normalized spacial score (nSPS) is 14.1. The minimum Gasteiger partial charge on any atom is -0.493 e. The van der Waals surface area contributed by atoms with Crippen LogP contribution >= 0.6 is 11.3 Å². The fourth-order valence-electron chi connectivity index (χ4n) is 3.88. The van der Waals surface area contributed by atoms with Gasteiger partial charge in [0.25, 0.3) is 0 Å². The number of amides is 1. The third-order valence-electron chi connectivity index (χ3n) is 5.49. The standard InChI is InChI=1S/C24H26N2O3S/c1-28-20-13-18-10-11-26(16-19(18)14-21(20)29-2)23(27)15-25-24(22-9-6-12-30-22)17-7-4-3-5-8-17/h3-9,12-14,24-25H,10-11,15-16H2,1-2H3/t24-/m0/s1. The molecule has 5 nitrogen and oxygen atoms in total. The van der Waals surface area contributed by atoms with E-state index in [2.05, 4.69) is 28.9 Å². The van der Waals surface area contributed by atoms with Crippen molar-refractivity contribution in [3.63, 3.8) is 0 Å². The molecule has 1 N–H and O–H groups in total. The average Bonchev–Trinajstić information content (AvgIpc) is 3.33. The van der Waals surface area contributed by atoms with Crippen LogP contribution in [0.25, 0.3) is 0 Å². The summed E-state index contributed by atoms with van der Waals surface area (Å²) in [4.78, 5) is 16.1. The summed E-state index contributed by atoms with van der Waals surface area (Å²) in [6.45, 7) is 1.59. The Balaban J connectivity index is 1.45. The molecule has 2 heterocycles. The van der Waals surface area contributed by atoms with Crippen molar-refractivity contribution in [3.05, 3.63) is 81.5 Å². The van der Waals surface area contributed by atoms with Crippen molar-refractivity contribution in [2.24, 2.45) is 0 Å². The van der Waals surface area contributed by atoms with E-state index in [1.807, 2.05) is 41.3 Å². The van der Waals surface area contributed by atoms with E-state index >= 15 is 0 Å². The lowest BCUT2D eigenvalue weighted by Crippen LogP contribution is -2.42. The Kier molecular flexibility index (Phi) is 6.35. The Morgan fingerprint density at radius 2 is 1.80 bits per heavy atom. The van der Waals surface area contributed by atoms with Gasteiger partial charge in [-0.15, -0.1) is 11.3 Å². The molecule has 0 saturated heterocycles. The van der Waals surface area contributed by atoms with Gasteiger partial charge in [0, 0.05) is 18.0 Å². The third kappa shape index (κ3) is 4.35. The highest BCUT2D eigenvalue weighted by Gasteiger charge is 2.24. The molecule has 30 heavy (non-hydrogen) atoms. The van der Waals surface area contributed by atoms with Gasteiger partial charge in [-0.05, 0) is 46.7 Å². The number of carbonyl (C=O) groups excluding carboxylic acids is 1. The van der Waals surface area contributed by atoms with Gasteiger partial charge in [0.15, 0.2) is 11.5 Å². The van der Waals surface area contributed by atoms with Crippen LogP contribution in [0, 0.1) is 0 Å². The summed E-state index contributed by atoms with van der Waals surface area (Å²) in [7, 11) is 3.28. The first kappa shape index (κ1) is 20.4. The summed E-state index contributed by atoms with van der Waals surface area (Å²) in [5.74, 6) is 1.54. The van der Waals surface area contributed by atoms with Crippen LogP contribution in [-0.4, -0.2) is 38.1 Å². The number of hydrogen-bond acceptors (Lipinski definition) is 5. The summed E-state index contributed by atoms with van der Waals surface area (Å²) >= 11 is 1.70. The van der Waals surface area contributed by atoms with E-state index in [9.17, 15) is 4.79 Å². The largest absolute Gasteiger partial charge is 0.493 e. The molecule has 1 atom stereocenters. The molecule has 0 saturated carbocycles. The number of benzene rings is 2. The molecule has 0 fully saturated rings. The number of nitrogens with one attached hydrogen (secondary N) is 1. The zero-order valence-corrected chi connectivity index (χ0v) is 18.1. The smallest absolute Gasteiger partial charge is 0.236 e. The van der Waals surface area contributed by atoms with Gasteiger partial charge in [0.05, 0.1) is 26.8 Å². The average molecular weight is 423 g/mol. The van der Waals surface area contributed by atoms with Crippen LogP contribution in [0.3, 0.4) is 0 Å². The first-order valence-electron chi connectivity index (χ1n) is 10.0. The van der Waals surface area contributed by atoms with Crippen LogP contribution in [0.1, 0.15) is 27.6 Å². The van der Waals surface area contributed by atoms with Gasteiger partial charge in [-0.1, -0.05) is 36.4 Å². The van der Waals surface area contributed by atoms with Gasteiger partial charge in [0.2, 0.25) is 5.91 Å². The molecule has 0 bridgehead atoms. The van der Waals surface area contributed by atoms with Crippen molar-refractivity contribution in [2.45, 2.75) is 19.0 Å². The number of rotatable bonds is 7. The molecule has 6 heteroatoms. The van der Waals surface area contributed by atoms with Crippen molar-refractivity contribution in [1.29, 1.82) is 0 Å². The number of ether oxygens (including phenoxy) is 2. The number of hydrogen-bond donors (Lipinski definition) is 1. The minimum absolute atomic E-state index is 0.0107. The van der Waals surface area contributed by atoms with Crippen LogP contribution in [-0.2, 0) is 17.8 Å². The summed E-state index contributed by atoms with van der Waals surface area (Å²) in [6, 6.07) is 18.4. The molecular formula is C24H26N2O3S. The van der Waals surface area contributed by atoms with Crippen molar-refractivity contribution >= 4 is 17.2 Å². The number of nitrogens with zero attached hydrogens (tertiary/aromatic N) is 1. The van der Waals surface area contributed by atoms with E-state index in [-0.39, 0.29) is 11.9 Å². The zero-order valence-electron chi connectivity index (χ0n) is 17.3. The second-order valence-electron chi connectivity index (χ2n) is 7.28. The van der Waals surface area contributed by atoms with Crippen LogP contribution < -0.4 is 14.8 Å². The third-order valence-corrected chi connectivity index (χ3v) is 6.43. The van der Waals surface area contributed by atoms with Crippen molar-refractivity contribution in [1.82, 2.24) is 10.2 Å². The molecule has 3 aromatic rings. The van der Waals surface area contributed by atoms with E-state index in [4.69, 9.17) is 9.47 Å². The lowest BCUT2D eigenvalue weighted by molar-refractivity contribution is -0.131. The van der Waals surface area contributed by atoms with Crippen molar-refractivity contribution in [3.8, 4) is 11.5 Å². The zero-order chi connectivity index (χ0) is 20.9. The molecule has 2 aromatic carbocycles. The quantitative estimate of drug-likeness (QED) is 0.625. The first-order valence-corrected chi connectivity index (χ1v) is 10.9. The van der Waals surface area contributed by atoms with Crippen molar-refractivity contribution in [2.75, 3.05) is 27.3 Å². The number of fused-ring (bicyclic) bond motifs is 1. The van der Waals surface area contributed by atoms with Gasteiger partial charge in [-0.3, -0.25) is 10.1 Å². The Labute approximate surface area is 181 Å². The molecule has 156 valence electrons. The molecule has 0 radical (unpaired) electrons. The summed E-state index contributed by atoms with van der Waals surface area (Å²) in [5.41, 5.74) is 3.49. The predicted octanol–water partition coefficient (Wildman–Crippen LogP) is 4.03. The Morgan fingerprint density at radius 3 is 2.47 bits per heavy atom. The molecule has 1 aliphatic rings. The fraction of sp³-hybridized carbons (Fsp3) is 0.292. The highest BCUT2D eigenvalue weighted by Crippen LogP contribution is 2.33. The Morgan fingerprint density at radius 1 is 1.07 bits per heavy atom. The number of methoxy groups -OCH3 is 2. The van der Waals surface area contributed by atoms with Crippen LogP contribution in [0.5, 0.6) is 11.5 Å². The molecule has 0 unspecified atom stereocenters. The van der Waals surface area contributed by atoms with E-state index < -0.39 is 0 Å². The minimum atomic E-state index is 0.0107. The van der Waals surface area contributed by atoms with Gasteiger partial charge in [0.1, 0.15) is 0 Å². The second-order valence-corrected chi connectivity index (χ2v) is 8.26. The maximum atomic E-state index is 13.0. The maximum absolute atomic E-state index is 13.0. The maximum Gasteiger partial charge on any atom is 0.236 e. The molecule has 0 spiro atoms. The number of thiophene rings is 1. The molecule has 1 aliphatic heterocycles. The molecular weight excluding hydrogens is 396 g/mol. The van der Waals surface area contributed by atoms with E-state index in [1.165, 1.54) is 10.4 Å². The van der Waals surface area contributed by atoms with Crippen LogP contribution in [0.2, 0.25) is 0 Å². The lowest BCUT2D eigenvalue weighted by Gasteiger charge is -2.30. The van der Waals surface area contributed by atoms with Crippen molar-refractivity contribution < 1.29 is 14.3 Å². The Hall–Kier alpha value is -2.83. The fourth-order valence-corrected chi connectivity index (χ4v) is 4.71. The molecule has 1 aromatic heterocycles. The van der Waals surface area contributed by atoms with Gasteiger partial charge in [-0.2, -0.15) is 0 Å². The first-order chi connectivity index (χ1) is 14.7. The topological polar surface area (TPSA) is 50.8 Å². The monoisotopic (exact) mass is 422 g/mol. The molecule has 4 rings (SSSR count). The van der Waals surface area contributed by atoms with Gasteiger partial charge in [-0.25, -0.2) is 0 Å².